The molecule has 0 fully saturated rings. The van der Waals surface area contributed by atoms with Gasteiger partial charge in [-0.3, -0.25) is 4.79 Å². The van der Waals surface area contributed by atoms with Crippen molar-refractivity contribution < 1.29 is 22.7 Å². The molecule has 0 bridgehead atoms. The quantitative estimate of drug-likeness (QED) is 0.783. The van der Waals surface area contributed by atoms with Crippen LogP contribution in [-0.2, 0) is 6.42 Å². The Morgan fingerprint density at radius 2 is 2.12 bits per heavy atom. The standard InChI is InChI=1S/C15H16F3N3O2S.ClH/c1-9-10(3-2-4-12(9)23-8-15(16,17)18)21-14(22)11-7-24-13(20-11)5-6-19;/h2-4,7H,5-6,8,19H2,1H3,(H,21,22);1H. The van der Waals surface area contributed by atoms with Crippen molar-refractivity contribution in [3.05, 3.63) is 39.8 Å². The molecule has 1 heterocycles. The molecule has 0 unspecified atom stereocenters. The van der Waals surface area contributed by atoms with Crippen LogP contribution in [-0.4, -0.2) is 30.2 Å². The van der Waals surface area contributed by atoms with Crippen molar-refractivity contribution in [2.24, 2.45) is 5.73 Å². The van der Waals surface area contributed by atoms with Gasteiger partial charge in [-0.25, -0.2) is 4.98 Å². The summed E-state index contributed by atoms with van der Waals surface area (Å²) in [5, 5.41) is 4.99. The first-order chi connectivity index (χ1) is 11.3. The Morgan fingerprint density at radius 3 is 2.76 bits per heavy atom. The smallest absolute Gasteiger partial charge is 0.422 e. The highest BCUT2D eigenvalue weighted by Gasteiger charge is 2.28. The van der Waals surface area contributed by atoms with Gasteiger partial charge in [-0.05, 0) is 25.6 Å². The highest BCUT2D eigenvalue weighted by Crippen LogP contribution is 2.27. The zero-order valence-electron chi connectivity index (χ0n) is 13.2. The average Bonchev–Trinajstić information content (AvgIpc) is 2.96. The number of carbonyl (C=O) groups excluding carboxylic acids is 1. The van der Waals surface area contributed by atoms with Crippen LogP contribution in [0.2, 0.25) is 0 Å². The fourth-order valence-corrected chi connectivity index (χ4v) is 2.70. The zero-order chi connectivity index (χ0) is 17.7. The number of carbonyl (C=O) groups is 1. The second kappa shape index (κ2) is 9.02. The number of alkyl halides is 3. The molecule has 10 heteroatoms. The molecule has 5 nitrogen and oxygen atoms in total. The predicted octanol–water partition coefficient (Wildman–Crippen LogP) is 3.57. The second-order valence-electron chi connectivity index (χ2n) is 4.95. The van der Waals surface area contributed by atoms with Crippen LogP contribution in [0.5, 0.6) is 5.75 Å². The largest absolute Gasteiger partial charge is 0.484 e. The van der Waals surface area contributed by atoms with Crippen molar-refractivity contribution in [3.63, 3.8) is 0 Å². The van der Waals surface area contributed by atoms with Crippen LogP contribution in [0.25, 0.3) is 0 Å². The third-order valence-electron chi connectivity index (χ3n) is 3.07. The first kappa shape index (κ1) is 21.2. The maximum Gasteiger partial charge on any atom is 0.422 e. The molecule has 2 rings (SSSR count). The number of hydrogen-bond acceptors (Lipinski definition) is 5. The number of amides is 1. The van der Waals surface area contributed by atoms with Gasteiger partial charge < -0.3 is 15.8 Å². The van der Waals surface area contributed by atoms with Gasteiger partial charge in [-0.1, -0.05) is 6.07 Å². The SMILES string of the molecule is Cc1c(NC(=O)c2csc(CCN)n2)cccc1OCC(F)(F)F.Cl. The number of rotatable bonds is 6. The second-order valence-corrected chi connectivity index (χ2v) is 5.89. The summed E-state index contributed by atoms with van der Waals surface area (Å²) in [6.45, 7) is 0.619. The fourth-order valence-electron chi connectivity index (χ4n) is 1.91. The van der Waals surface area contributed by atoms with Crippen LogP contribution in [0.15, 0.2) is 23.6 Å². The van der Waals surface area contributed by atoms with E-state index in [0.717, 1.165) is 5.01 Å². The van der Waals surface area contributed by atoms with Gasteiger partial charge in [0.2, 0.25) is 0 Å². The Kier molecular flexibility index (Phi) is 7.65. The number of halogens is 4. The third kappa shape index (κ3) is 6.18. The number of benzene rings is 1. The van der Waals surface area contributed by atoms with E-state index < -0.39 is 18.7 Å². The summed E-state index contributed by atoms with van der Waals surface area (Å²) in [6, 6.07) is 4.51. The monoisotopic (exact) mass is 395 g/mol. The number of aromatic nitrogens is 1. The number of thiazole rings is 1. The van der Waals surface area contributed by atoms with Crippen LogP contribution in [0.3, 0.4) is 0 Å². The maximum atomic E-state index is 12.3. The lowest BCUT2D eigenvalue weighted by Crippen LogP contribution is -2.20. The van der Waals surface area contributed by atoms with Gasteiger partial charge in [0.15, 0.2) is 6.61 Å². The summed E-state index contributed by atoms with van der Waals surface area (Å²) < 4.78 is 41.5. The number of anilines is 1. The lowest BCUT2D eigenvalue weighted by Gasteiger charge is -2.14. The summed E-state index contributed by atoms with van der Waals surface area (Å²) in [5.41, 5.74) is 6.46. The van der Waals surface area contributed by atoms with E-state index in [1.165, 1.54) is 23.5 Å². The molecule has 1 aromatic heterocycles. The molecule has 0 aliphatic heterocycles. The number of ether oxygens (including phenoxy) is 1. The van der Waals surface area contributed by atoms with Crippen LogP contribution in [0.1, 0.15) is 21.1 Å². The van der Waals surface area contributed by atoms with E-state index in [-0.39, 0.29) is 23.9 Å². The van der Waals surface area contributed by atoms with Gasteiger partial charge in [0.25, 0.3) is 5.91 Å². The van der Waals surface area contributed by atoms with Gasteiger partial charge in [0, 0.05) is 23.1 Å². The van der Waals surface area contributed by atoms with Crippen LogP contribution >= 0.6 is 23.7 Å². The molecule has 1 aromatic carbocycles. The number of nitrogens with one attached hydrogen (secondary N) is 1. The molecule has 0 radical (unpaired) electrons. The summed E-state index contributed by atoms with van der Waals surface area (Å²) in [4.78, 5) is 16.4. The molecule has 0 saturated carbocycles. The first-order valence-corrected chi connectivity index (χ1v) is 7.93. The van der Waals surface area contributed by atoms with Gasteiger partial charge in [-0.2, -0.15) is 13.2 Å². The minimum atomic E-state index is -4.42. The first-order valence-electron chi connectivity index (χ1n) is 7.05. The molecule has 2 aromatic rings. The minimum Gasteiger partial charge on any atom is -0.484 e. The Morgan fingerprint density at radius 1 is 1.40 bits per heavy atom. The fraction of sp³-hybridized carbons (Fsp3) is 0.333. The summed E-state index contributed by atoms with van der Waals surface area (Å²) >= 11 is 1.33. The highest BCUT2D eigenvalue weighted by molar-refractivity contribution is 7.09. The molecule has 0 atom stereocenters. The van der Waals surface area contributed by atoms with E-state index in [0.29, 0.717) is 24.2 Å². The molecular weight excluding hydrogens is 379 g/mol. The summed E-state index contributed by atoms with van der Waals surface area (Å²) in [6.07, 6.45) is -3.84. The predicted molar refractivity (Wildman–Crippen MR) is 92.8 cm³/mol. The number of nitrogens with two attached hydrogens (primary N) is 1. The summed E-state index contributed by atoms with van der Waals surface area (Å²) in [5.74, 6) is -0.377. The topological polar surface area (TPSA) is 77.2 Å². The highest BCUT2D eigenvalue weighted by atomic mass is 35.5. The van der Waals surface area contributed by atoms with E-state index in [1.54, 1.807) is 18.4 Å². The molecule has 0 aliphatic carbocycles. The molecule has 1 amide bonds. The molecular formula is C15H17ClF3N3O2S. The average molecular weight is 396 g/mol. The van der Waals surface area contributed by atoms with Crippen molar-refractivity contribution in [2.75, 3.05) is 18.5 Å². The van der Waals surface area contributed by atoms with Crippen LogP contribution in [0.4, 0.5) is 18.9 Å². The van der Waals surface area contributed by atoms with E-state index in [4.69, 9.17) is 10.5 Å². The van der Waals surface area contributed by atoms with E-state index in [9.17, 15) is 18.0 Å². The number of hydrogen-bond donors (Lipinski definition) is 2. The van der Waals surface area contributed by atoms with Crippen molar-refractivity contribution in [1.29, 1.82) is 0 Å². The number of nitrogens with zero attached hydrogens (tertiary/aromatic N) is 1. The molecule has 0 aliphatic rings. The molecule has 25 heavy (non-hydrogen) atoms. The van der Waals surface area contributed by atoms with Gasteiger partial charge in [-0.15, -0.1) is 23.7 Å². The Bertz CT molecular complexity index is 722. The van der Waals surface area contributed by atoms with Gasteiger partial charge in [0.1, 0.15) is 11.4 Å². The molecule has 0 spiro atoms. The van der Waals surface area contributed by atoms with Gasteiger partial charge in [0.05, 0.1) is 5.01 Å². The molecule has 0 saturated heterocycles. The van der Waals surface area contributed by atoms with E-state index >= 15 is 0 Å². The maximum absolute atomic E-state index is 12.3. The lowest BCUT2D eigenvalue weighted by molar-refractivity contribution is -0.153. The third-order valence-corrected chi connectivity index (χ3v) is 3.97. The van der Waals surface area contributed by atoms with Crippen molar-refractivity contribution in [2.45, 2.75) is 19.5 Å². The van der Waals surface area contributed by atoms with Crippen molar-refractivity contribution in [3.8, 4) is 5.75 Å². The minimum absolute atomic E-state index is 0. The van der Waals surface area contributed by atoms with E-state index in [2.05, 4.69) is 10.3 Å². The van der Waals surface area contributed by atoms with Crippen molar-refractivity contribution in [1.82, 2.24) is 4.98 Å². The van der Waals surface area contributed by atoms with E-state index in [1.807, 2.05) is 0 Å². The van der Waals surface area contributed by atoms with Crippen LogP contribution in [0, 0.1) is 6.92 Å². The Balaban J connectivity index is 0.00000312. The summed E-state index contributed by atoms with van der Waals surface area (Å²) in [7, 11) is 0. The Hall–Kier alpha value is -1.84. The zero-order valence-corrected chi connectivity index (χ0v) is 14.9. The Labute approximate surface area is 152 Å². The normalized spacial score (nSPS) is 10.9. The van der Waals surface area contributed by atoms with Crippen molar-refractivity contribution >= 4 is 35.3 Å². The molecule has 3 N–H and O–H groups in total. The van der Waals surface area contributed by atoms with Crippen LogP contribution < -0.4 is 15.8 Å². The molecule has 138 valence electrons. The lowest BCUT2D eigenvalue weighted by atomic mass is 10.1. The van der Waals surface area contributed by atoms with Gasteiger partial charge >= 0.3 is 6.18 Å².